The monoisotopic (exact) mass is 435 g/mol. The number of hydrogen-bond donors (Lipinski definition) is 2. The van der Waals surface area contributed by atoms with Crippen LogP contribution in [-0.4, -0.2) is 49.3 Å². The summed E-state index contributed by atoms with van der Waals surface area (Å²) in [6, 6.07) is 10.6. The molecule has 32 heavy (non-hydrogen) atoms. The van der Waals surface area contributed by atoms with E-state index in [4.69, 9.17) is 4.74 Å². The number of halogens is 1. The van der Waals surface area contributed by atoms with Crippen molar-refractivity contribution in [1.29, 1.82) is 5.26 Å². The van der Waals surface area contributed by atoms with Crippen molar-refractivity contribution in [1.82, 2.24) is 15.6 Å². The van der Waals surface area contributed by atoms with E-state index < -0.39 is 23.4 Å². The first-order valence-corrected chi connectivity index (χ1v) is 10.5. The molecule has 1 aromatic heterocycles. The van der Waals surface area contributed by atoms with Crippen molar-refractivity contribution in [3.05, 3.63) is 48.0 Å². The number of nitriles is 1. The number of cyclic esters (lactones) is 1. The van der Waals surface area contributed by atoms with Gasteiger partial charge in [0, 0.05) is 49.2 Å². The van der Waals surface area contributed by atoms with E-state index in [1.807, 2.05) is 6.07 Å². The Kier molecular flexibility index (Phi) is 4.82. The maximum atomic E-state index is 14.9. The first-order valence-electron chi connectivity index (χ1n) is 10.5. The maximum Gasteiger partial charge on any atom is 0.414 e. The molecule has 3 aliphatic rings. The molecule has 5 rings (SSSR count). The average Bonchev–Trinajstić information content (AvgIpc) is 3.09. The summed E-state index contributed by atoms with van der Waals surface area (Å²) in [5.74, 6) is -0.123. The minimum Gasteiger partial charge on any atom is -0.442 e. The topological polar surface area (TPSA) is 107 Å². The number of benzene rings is 1. The van der Waals surface area contributed by atoms with Gasteiger partial charge in [-0.05, 0) is 24.3 Å². The van der Waals surface area contributed by atoms with Gasteiger partial charge in [0.15, 0.2) is 0 Å². The summed E-state index contributed by atoms with van der Waals surface area (Å²) in [5.41, 5.74) is 1.55. The van der Waals surface area contributed by atoms with Crippen molar-refractivity contribution in [2.75, 3.05) is 31.1 Å². The van der Waals surface area contributed by atoms with Gasteiger partial charge >= 0.3 is 6.09 Å². The molecular formula is C23H22FN5O3. The molecule has 1 aliphatic carbocycles. The third-order valence-electron chi connectivity index (χ3n) is 6.68. The van der Waals surface area contributed by atoms with E-state index in [-0.39, 0.29) is 30.8 Å². The lowest BCUT2D eigenvalue weighted by Crippen LogP contribution is -2.33. The van der Waals surface area contributed by atoms with Crippen LogP contribution in [0.5, 0.6) is 0 Å². The number of carbonyl (C=O) groups is 2. The Bertz CT molecular complexity index is 1120. The molecule has 2 aromatic rings. The molecule has 164 valence electrons. The number of piperidine rings is 1. The molecule has 1 aromatic carbocycles. The molecule has 9 heteroatoms. The number of ether oxygens (including phenoxy) is 1. The molecule has 2 N–H and O–H groups in total. The Morgan fingerprint density at radius 1 is 1.38 bits per heavy atom. The van der Waals surface area contributed by atoms with Crippen molar-refractivity contribution in [3.63, 3.8) is 0 Å². The molecule has 2 amide bonds. The predicted molar refractivity (Wildman–Crippen MR) is 113 cm³/mol. The number of fused-ring (bicyclic) bond motifs is 1. The van der Waals surface area contributed by atoms with Crippen molar-refractivity contribution >= 4 is 17.7 Å². The van der Waals surface area contributed by atoms with Crippen LogP contribution in [0.15, 0.2) is 36.5 Å². The van der Waals surface area contributed by atoms with E-state index in [2.05, 4.69) is 21.7 Å². The fourth-order valence-electron chi connectivity index (χ4n) is 4.94. The molecule has 3 heterocycles. The molecule has 3 fully saturated rings. The number of anilines is 1. The summed E-state index contributed by atoms with van der Waals surface area (Å²) in [6.45, 7) is 3.46. The van der Waals surface area contributed by atoms with E-state index in [0.717, 1.165) is 18.8 Å². The highest BCUT2D eigenvalue weighted by molar-refractivity contribution is 5.90. The van der Waals surface area contributed by atoms with Crippen LogP contribution in [0.1, 0.15) is 12.6 Å². The highest BCUT2D eigenvalue weighted by Crippen LogP contribution is 2.60. The van der Waals surface area contributed by atoms with Gasteiger partial charge in [-0.3, -0.25) is 14.7 Å². The Balaban J connectivity index is 1.32. The largest absolute Gasteiger partial charge is 0.442 e. The molecule has 2 aliphatic heterocycles. The van der Waals surface area contributed by atoms with Gasteiger partial charge in [0.25, 0.3) is 0 Å². The summed E-state index contributed by atoms with van der Waals surface area (Å²) in [4.78, 5) is 29.1. The number of amides is 2. The highest BCUT2D eigenvalue weighted by atomic mass is 19.1. The summed E-state index contributed by atoms with van der Waals surface area (Å²) in [7, 11) is 0. The molecule has 0 unspecified atom stereocenters. The van der Waals surface area contributed by atoms with Crippen LogP contribution in [0.3, 0.4) is 0 Å². The van der Waals surface area contributed by atoms with Crippen LogP contribution in [0, 0.1) is 29.0 Å². The lowest BCUT2D eigenvalue weighted by molar-refractivity contribution is -0.119. The molecule has 0 spiro atoms. The van der Waals surface area contributed by atoms with Gasteiger partial charge < -0.3 is 15.4 Å². The van der Waals surface area contributed by atoms with Crippen molar-refractivity contribution in [2.45, 2.75) is 18.4 Å². The fraction of sp³-hybridized carbons (Fsp3) is 0.391. The van der Waals surface area contributed by atoms with E-state index in [1.165, 1.54) is 17.9 Å². The standard InChI is InChI=1S/C23H22FN5O3/c1-13(30)27-8-16-11-29(22(31)32-16)15-3-4-17(20(24)6-15)14-2-5-21(28-7-14)23(12-25)18-9-26-10-19(18)23/h2-7,16,18-19,26H,8-11H2,1H3,(H,27,30)/t16-,18-,19+,23+/m0/s1. The van der Waals surface area contributed by atoms with Gasteiger partial charge in [-0.2, -0.15) is 5.26 Å². The van der Waals surface area contributed by atoms with Crippen LogP contribution < -0.4 is 15.5 Å². The first-order chi connectivity index (χ1) is 15.4. The minimum absolute atomic E-state index is 0.206. The zero-order valence-electron chi connectivity index (χ0n) is 17.5. The number of hydrogen-bond acceptors (Lipinski definition) is 6. The number of pyridine rings is 1. The summed E-state index contributed by atoms with van der Waals surface area (Å²) >= 11 is 0. The Hall–Kier alpha value is -3.51. The molecule has 0 bridgehead atoms. The number of carbonyl (C=O) groups excluding carboxylic acids is 2. The zero-order chi connectivity index (χ0) is 22.5. The third-order valence-corrected chi connectivity index (χ3v) is 6.68. The second-order valence-corrected chi connectivity index (χ2v) is 8.50. The summed E-state index contributed by atoms with van der Waals surface area (Å²) < 4.78 is 20.2. The van der Waals surface area contributed by atoms with Crippen LogP contribution >= 0.6 is 0 Å². The molecule has 0 radical (unpaired) electrons. The minimum atomic E-state index is -0.579. The van der Waals surface area contributed by atoms with Gasteiger partial charge in [0.1, 0.15) is 17.3 Å². The average molecular weight is 435 g/mol. The number of nitrogens with zero attached hydrogens (tertiary/aromatic N) is 3. The molecule has 2 saturated heterocycles. The lowest BCUT2D eigenvalue weighted by atomic mass is 9.96. The molecule has 8 nitrogen and oxygen atoms in total. The quantitative estimate of drug-likeness (QED) is 0.744. The molecule has 4 atom stereocenters. The summed E-state index contributed by atoms with van der Waals surface area (Å²) in [6.07, 6.45) is 0.530. The van der Waals surface area contributed by atoms with Gasteiger partial charge in [0.2, 0.25) is 5.91 Å². The van der Waals surface area contributed by atoms with Gasteiger partial charge in [0.05, 0.1) is 30.5 Å². The van der Waals surface area contributed by atoms with E-state index >= 15 is 0 Å². The SMILES string of the molecule is CC(=O)NC[C@H]1CN(c2ccc(-c3ccc([C@@]4(C#N)[C@@H]5CNC[C@@H]54)nc3)c(F)c2)C(=O)O1. The smallest absolute Gasteiger partial charge is 0.414 e. The predicted octanol–water partition coefficient (Wildman–Crippen LogP) is 1.96. The molecular weight excluding hydrogens is 413 g/mol. The van der Waals surface area contributed by atoms with E-state index in [1.54, 1.807) is 24.4 Å². The second kappa shape index (κ2) is 7.57. The van der Waals surface area contributed by atoms with Crippen molar-refractivity contribution < 1.29 is 18.7 Å². The molecule has 1 saturated carbocycles. The lowest BCUT2D eigenvalue weighted by Gasteiger charge is -2.15. The summed E-state index contributed by atoms with van der Waals surface area (Å²) in [5, 5.41) is 15.6. The fourth-order valence-corrected chi connectivity index (χ4v) is 4.94. The zero-order valence-corrected chi connectivity index (χ0v) is 17.5. The van der Waals surface area contributed by atoms with Crippen LogP contribution in [-0.2, 0) is 14.9 Å². The van der Waals surface area contributed by atoms with Gasteiger partial charge in [-0.15, -0.1) is 0 Å². The Morgan fingerprint density at radius 3 is 2.78 bits per heavy atom. The van der Waals surface area contributed by atoms with Gasteiger partial charge in [-0.1, -0.05) is 6.07 Å². The second-order valence-electron chi connectivity index (χ2n) is 8.50. The normalized spacial score (nSPS) is 28.1. The first kappa shape index (κ1) is 20.4. The van der Waals surface area contributed by atoms with Crippen molar-refractivity contribution in [2.24, 2.45) is 11.8 Å². The Morgan fingerprint density at radius 2 is 2.16 bits per heavy atom. The highest BCUT2D eigenvalue weighted by Gasteiger charge is 2.69. The van der Waals surface area contributed by atoms with E-state index in [9.17, 15) is 19.2 Å². The number of aromatic nitrogens is 1. The number of nitrogens with one attached hydrogen (secondary N) is 2. The van der Waals surface area contributed by atoms with E-state index in [0.29, 0.717) is 16.8 Å². The van der Waals surface area contributed by atoms with Crippen molar-refractivity contribution in [3.8, 4) is 17.2 Å². The third kappa shape index (κ3) is 3.19. The maximum absolute atomic E-state index is 14.9. The van der Waals surface area contributed by atoms with Crippen LogP contribution in [0.2, 0.25) is 0 Å². The van der Waals surface area contributed by atoms with Crippen LogP contribution in [0.25, 0.3) is 11.1 Å². The Labute approximate surface area is 184 Å². The van der Waals surface area contributed by atoms with Gasteiger partial charge in [-0.25, -0.2) is 9.18 Å². The van der Waals surface area contributed by atoms with Crippen LogP contribution in [0.4, 0.5) is 14.9 Å². The number of rotatable bonds is 5.